The largest absolute Gasteiger partial charge is 0.435 e. The molecule has 0 aliphatic heterocycles. The topological polar surface area (TPSA) is 43.1 Å². The van der Waals surface area contributed by atoms with E-state index >= 15 is 0 Å². The number of carbonyl (C=O) groups is 1. The van der Waals surface area contributed by atoms with Crippen molar-refractivity contribution in [1.82, 2.24) is 0 Å². The summed E-state index contributed by atoms with van der Waals surface area (Å²) in [6.07, 6.45) is -12.4. The summed E-state index contributed by atoms with van der Waals surface area (Å²) in [5.74, 6) is -1.04. The monoisotopic (exact) mass is 317 g/mol. The lowest BCUT2D eigenvalue weighted by atomic mass is 9.86. The van der Waals surface area contributed by atoms with Crippen molar-refractivity contribution in [2.75, 3.05) is 0 Å². The molecule has 0 bridgehead atoms. The molecular formula is C12H10F7NO. The first kappa shape index (κ1) is 17.3. The quantitative estimate of drug-likeness (QED) is 0.831. The number of hydrogen-bond acceptors (Lipinski definition) is 1. The maximum absolute atomic E-state index is 13.9. The SMILES string of the molecule is Cc1c(C(N)=O)ccc(C(F)(C(F)(F)F)C(F)(F)F)c1C. The van der Waals surface area contributed by atoms with E-state index in [0.29, 0.717) is 6.07 Å². The van der Waals surface area contributed by atoms with Gasteiger partial charge in [0.15, 0.2) is 0 Å². The normalized spacial score (nSPS) is 13.4. The van der Waals surface area contributed by atoms with Gasteiger partial charge in [0.05, 0.1) is 0 Å². The van der Waals surface area contributed by atoms with Crippen LogP contribution in [0.3, 0.4) is 0 Å². The van der Waals surface area contributed by atoms with E-state index in [1.165, 1.54) is 0 Å². The number of halogens is 7. The van der Waals surface area contributed by atoms with Gasteiger partial charge < -0.3 is 5.73 Å². The molecule has 0 aliphatic carbocycles. The minimum Gasteiger partial charge on any atom is -0.366 e. The van der Waals surface area contributed by atoms with E-state index in [9.17, 15) is 35.5 Å². The number of benzene rings is 1. The zero-order valence-electron chi connectivity index (χ0n) is 10.8. The smallest absolute Gasteiger partial charge is 0.366 e. The lowest BCUT2D eigenvalue weighted by molar-refractivity contribution is -0.348. The predicted octanol–water partition coefficient (Wildman–Crippen LogP) is 3.69. The van der Waals surface area contributed by atoms with Crippen LogP contribution < -0.4 is 5.73 Å². The fourth-order valence-corrected chi connectivity index (χ4v) is 1.93. The molecule has 1 aromatic carbocycles. The Balaban J connectivity index is 3.71. The molecule has 0 saturated carbocycles. The second kappa shape index (κ2) is 4.88. The predicted molar refractivity (Wildman–Crippen MR) is 59.3 cm³/mol. The molecule has 9 heteroatoms. The van der Waals surface area contributed by atoms with Gasteiger partial charge in [0, 0.05) is 11.1 Å². The minimum absolute atomic E-state index is 0.240. The molecule has 118 valence electrons. The summed E-state index contributed by atoms with van der Waals surface area (Å²) in [5, 5.41) is 0. The van der Waals surface area contributed by atoms with Gasteiger partial charge in [-0.3, -0.25) is 4.79 Å². The highest BCUT2D eigenvalue weighted by Crippen LogP contribution is 2.54. The first-order valence-corrected chi connectivity index (χ1v) is 5.48. The fraction of sp³-hybridized carbons (Fsp3) is 0.417. The number of rotatable bonds is 2. The van der Waals surface area contributed by atoms with Crippen LogP contribution in [-0.2, 0) is 5.67 Å². The van der Waals surface area contributed by atoms with Gasteiger partial charge in [0.2, 0.25) is 5.91 Å². The molecule has 1 amide bonds. The maximum Gasteiger partial charge on any atom is 0.435 e. The fourth-order valence-electron chi connectivity index (χ4n) is 1.93. The van der Waals surface area contributed by atoms with Gasteiger partial charge in [-0.05, 0) is 31.0 Å². The van der Waals surface area contributed by atoms with Crippen LogP contribution in [0.2, 0.25) is 0 Å². The molecule has 21 heavy (non-hydrogen) atoms. The molecule has 1 rings (SSSR count). The molecule has 0 fully saturated rings. The van der Waals surface area contributed by atoms with E-state index in [1.807, 2.05) is 0 Å². The molecule has 0 radical (unpaired) electrons. The highest BCUT2D eigenvalue weighted by Gasteiger charge is 2.73. The Kier molecular flexibility index (Phi) is 4.01. The van der Waals surface area contributed by atoms with Gasteiger partial charge in [0.1, 0.15) is 0 Å². The standard InChI is InChI=1S/C12H10F7NO/c1-5-6(2)8(4-3-7(5)9(20)21)10(13,11(14,15)16)12(17,18)19/h3-4H,1-2H3,(H2,20,21). The summed E-state index contributed by atoms with van der Waals surface area (Å²) in [6, 6.07) is 0.926. The van der Waals surface area contributed by atoms with Crippen molar-refractivity contribution < 1.29 is 35.5 Å². The summed E-state index contributed by atoms with van der Waals surface area (Å²) in [4.78, 5) is 11.0. The molecule has 0 aliphatic rings. The Morgan fingerprint density at radius 3 is 1.67 bits per heavy atom. The van der Waals surface area contributed by atoms with Crippen molar-refractivity contribution in [3.05, 3.63) is 34.4 Å². The Labute approximate surface area is 114 Å². The van der Waals surface area contributed by atoms with Gasteiger partial charge >= 0.3 is 18.0 Å². The zero-order chi connectivity index (χ0) is 16.8. The van der Waals surface area contributed by atoms with Crippen LogP contribution >= 0.6 is 0 Å². The molecule has 0 aromatic heterocycles. The molecule has 2 N–H and O–H groups in total. The highest BCUT2D eigenvalue weighted by molar-refractivity contribution is 5.94. The molecular weight excluding hydrogens is 307 g/mol. The number of nitrogens with two attached hydrogens (primary N) is 1. The molecule has 1 aromatic rings. The molecule has 2 nitrogen and oxygen atoms in total. The van der Waals surface area contributed by atoms with E-state index in [0.717, 1.165) is 13.8 Å². The molecule has 0 saturated heterocycles. The van der Waals surface area contributed by atoms with E-state index in [-0.39, 0.29) is 17.2 Å². The lowest BCUT2D eigenvalue weighted by Crippen LogP contribution is -2.51. The van der Waals surface area contributed by atoms with Crippen LogP contribution in [0.15, 0.2) is 12.1 Å². The van der Waals surface area contributed by atoms with Crippen molar-refractivity contribution in [2.24, 2.45) is 5.73 Å². The second-order valence-electron chi connectivity index (χ2n) is 4.43. The number of hydrogen-bond donors (Lipinski definition) is 1. The van der Waals surface area contributed by atoms with E-state index in [1.54, 1.807) is 0 Å². The van der Waals surface area contributed by atoms with Crippen LogP contribution in [0, 0.1) is 13.8 Å². The minimum atomic E-state index is -6.20. The molecule has 0 atom stereocenters. The van der Waals surface area contributed by atoms with Crippen molar-refractivity contribution in [3.63, 3.8) is 0 Å². The average molecular weight is 317 g/mol. The van der Waals surface area contributed by atoms with Gasteiger partial charge in [-0.15, -0.1) is 0 Å². The Morgan fingerprint density at radius 1 is 0.905 bits per heavy atom. The summed E-state index contributed by atoms with van der Waals surface area (Å²) < 4.78 is 90.0. The number of primary amides is 1. The van der Waals surface area contributed by atoms with Crippen LogP contribution in [0.5, 0.6) is 0 Å². The van der Waals surface area contributed by atoms with Gasteiger partial charge in [-0.1, -0.05) is 6.07 Å². The Morgan fingerprint density at radius 2 is 1.33 bits per heavy atom. The summed E-state index contributed by atoms with van der Waals surface area (Å²) in [5.41, 5.74) is -3.34. The van der Waals surface area contributed by atoms with Crippen molar-refractivity contribution >= 4 is 5.91 Å². The van der Waals surface area contributed by atoms with E-state index in [2.05, 4.69) is 0 Å². The average Bonchev–Trinajstić information content (AvgIpc) is 2.28. The summed E-state index contributed by atoms with van der Waals surface area (Å²) in [7, 11) is 0. The highest BCUT2D eigenvalue weighted by atomic mass is 19.4. The number of carbonyl (C=O) groups excluding carboxylic acids is 1. The van der Waals surface area contributed by atoms with Crippen LogP contribution in [0.25, 0.3) is 0 Å². The maximum atomic E-state index is 13.9. The first-order valence-electron chi connectivity index (χ1n) is 5.48. The van der Waals surface area contributed by atoms with E-state index in [4.69, 9.17) is 5.73 Å². The third kappa shape index (κ3) is 2.56. The van der Waals surface area contributed by atoms with Gasteiger partial charge in [-0.25, -0.2) is 4.39 Å². The van der Waals surface area contributed by atoms with Crippen LogP contribution in [0.4, 0.5) is 30.7 Å². The van der Waals surface area contributed by atoms with Crippen molar-refractivity contribution in [3.8, 4) is 0 Å². The molecule has 0 heterocycles. The first-order chi connectivity index (χ1) is 9.25. The molecule has 0 unspecified atom stereocenters. The van der Waals surface area contributed by atoms with Crippen LogP contribution in [-0.4, -0.2) is 18.3 Å². The van der Waals surface area contributed by atoms with Crippen molar-refractivity contribution in [1.29, 1.82) is 0 Å². The van der Waals surface area contributed by atoms with Crippen LogP contribution in [0.1, 0.15) is 27.0 Å². The third-order valence-electron chi connectivity index (χ3n) is 3.21. The number of alkyl halides is 7. The Bertz CT molecular complexity index is 560. The molecule has 0 spiro atoms. The second-order valence-corrected chi connectivity index (χ2v) is 4.43. The summed E-state index contributed by atoms with van der Waals surface area (Å²) in [6.45, 7) is 1.95. The van der Waals surface area contributed by atoms with E-state index < -0.39 is 35.1 Å². The number of amides is 1. The zero-order valence-corrected chi connectivity index (χ0v) is 10.8. The third-order valence-corrected chi connectivity index (χ3v) is 3.21. The lowest BCUT2D eigenvalue weighted by Gasteiger charge is -2.32. The van der Waals surface area contributed by atoms with Gasteiger partial charge in [0.25, 0.3) is 0 Å². The van der Waals surface area contributed by atoms with Crippen molar-refractivity contribution in [2.45, 2.75) is 31.9 Å². The summed E-state index contributed by atoms with van der Waals surface area (Å²) >= 11 is 0. The van der Waals surface area contributed by atoms with Gasteiger partial charge in [-0.2, -0.15) is 26.3 Å². The Hall–Kier alpha value is -1.80.